The standard InChI is InChI=1S/C22H20N6O3S/c1-14-6-3-8-17(15(14)2)28-20(16-7-4-10-23-12-16)25-27-22(28)32-13-19(29)24-26-21(30)18-9-5-11-31-18/h3-12H,13H2,1-2H3,(H,24,29)(H,26,30). The van der Waals surface area contributed by atoms with Crippen LogP contribution >= 0.6 is 11.8 Å². The zero-order valence-corrected chi connectivity index (χ0v) is 18.2. The molecule has 1 aromatic carbocycles. The predicted molar refractivity (Wildman–Crippen MR) is 119 cm³/mol. The minimum atomic E-state index is -0.536. The van der Waals surface area contributed by atoms with Crippen molar-refractivity contribution in [2.75, 3.05) is 5.75 Å². The number of hydrazine groups is 1. The number of nitrogens with one attached hydrogen (secondary N) is 2. The van der Waals surface area contributed by atoms with E-state index in [0.717, 1.165) is 22.4 Å². The number of benzene rings is 1. The number of hydrogen-bond donors (Lipinski definition) is 2. The molecule has 10 heteroatoms. The number of carbonyl (C=O) groups is 2. The molecule has 162 valence electrons. The Morgan fingerprint density at radius 3 is 2.69 bits per heavy atom. The van der Waals surface area contributed by atoms with Gasteiger partial charge in [0, 0.05) is 18.0 Å². The van der Waals surface area contributed by atoms with E-state index in [0.29, 0.717) is 11.0 Å². The van der Waals surface area contributed by atoms with E-state index in [4.69, 9.17) is 4.42 Å². The minimum absolute atomic E-state index is 0.0223. The van der Waals surface area contributed by atoms with Crippen molar-refractivity contribution in [1.29, 1.82) is 0 Å². The fourth-order valence-electron chi connectivity index (χ4n) is 3.00. The molecule has 0 aliphatic carbocycles. The lowest BCUT2D eigenvalue weighted by Gasteiger charge is -2.14. The van der Waals surface area contributed by atoms with E-state index < -0.39 is 11.8 Å². The second-order valence-electron chi connectivity index (χ2n) is 6.87. The third kappa shape index (κ3) is 4.54. The van der Waals surface area contributed by atoms with Crippen molar-refractivity contribution in [3.63, 3.8) is 0 Å². The second kappa shape index (κ2) is 9.48. The third-order valence-corrected chi connectivity index (χ3v) is 5.69. The molecule has 0 atom stereocenters. The molecule has 9 nitrogen and oxygen atoms in total. The molecule has 0 saturated heterocycles. The van der Waals surface area contributed by atoms with Crippen LogP contribution in [-0.2, 0) is 4.79 Å². The normalized spacial score (nSPS) is 10.7. The summed E-state index contributed by atoms with van der Waals surface area (Å²) in [6, 6.07) is 12.8. The summed E-state index contributed by atoms with van der Waals surface area (Å²) >= 11 is 1.21. The van der Waals surface area contributed by atoms with Gasteiger partial charge < -0.3 is 4.42 Å². The van der Waals surface area contributed by atoms with Gasteiger partial charge in [-0.15, -0.1) is 10.2 Å². The number of aromatic nitrogens is 4. The monoisotopic (exact) mass is 448 g/mol. The molecule has 0 bridgehead atoms. The quantitative estimate of drug-likeness (QED) is 0.344. The molecular weight excluding hydrogens is 428 g/mol. The number of carbonyl (C=O) groups excluding carboxylic acids is 2. The van der Waals surface area contributed by atoms with Crippen LogP contribution in [0.4, 0.5) is 0 Å². The summed E-state index contributed by atoms with van der Waals surface area (Å²) in [5.41, 5.74) is 8.62. The van der Waals surface area contributed by atoms with E-state index in [-0.39, 0.29) is 11.5 Å². The number of thioether (sulfide) groups is 1. The van der Waals surface area contributed by atoms with Gasteiger partial charge in [0.1, 0.15) is 0 Å². The van der Waals surface area contributed by atoms with Crippen LogP contribution in [0.5, 0.6) is 0 Å². The first kappa shape index (κ1) is 21.3. The molecule has 0 fully saturated rings. The van der Waals surface area contributed by atoms with E-state index in [9.17, 15) is 9.59 Å². The highest BCUT2D eigenvalue weighted by Crippen LogP contribution is 2.30. The van der Waals surface area contributed by atoms with Crippen molar-refractivity contribution in [3.05, 3.63) is 78.0 Å². The Labute approximate surface area is 188 Å². The first-order chi connectivity index (χ1) is 15.5. The second-order valence-corrected chi connectivity index (χ2v) is 7.81. The molecule has 4 aromatic rings. The van der Waals surface area contributed by atoms with Gasteiger partial charge >= 0.3 is 5.91 Å². The summed E-state index contributed by atoms with van der Waals surface area (Å²) in [6.45, 7) is 4.07. The molecule has 3 heterocycles. The van der Waals surface area contributed by atoms with Gasteiger partial charge in [-0.1, -0.05) is 23.9 Å². The summed E-state index contributed by atoms with van der Waals surface area (Å²) in [5, 5.41) is 9.22. The van der Waals surface area contributed by atoms with Gasteiger partial charge in [0.25, 0.3) is 0 Å². The third-order valence-electron chi connectivity index (χ3n) is 4.76. The van der Waals surface area contributed by atoms with E-state index in [1.165, 1.54) is 24.1 Å². The first-order valence-corrected chi connectivity index (χ1v) is 10.7. The first-order valence-electron chi connectivity index (χ1n) is 9.72. The van der Waals surface area contributed by atoms with Gasteiger partial charge in [-0.2, -0.15) is 0 Å². The maximum Gasteiger partial charge on any atom is 0.305 e. The topological polar surface area (TPSA) is 115 Å². The molecule has 0 unspecified atom stereocenters. The lowest BCUT2D eigenvalue weighted by Crippen LogP contribution is -2.42. The van der Waals surface area contributed by atoms with E-state index in [1.807, 2.05) is 48.7 Å². The summed E-state index contributed by atoms with van der Waals surface area (Å²) in [6.07, 6.45) is 4.79. The Bertz CT molecular complexity index is 1240. The smallest absolute Gasteiger partial charge is 0.305 e. The minimum Gasteiger partial charge on any atom is -0.459 e. The van der Waals surface area contributed by atoms with Crippen molar-refractivity contribution >= 4 is 23.6 Å². The molecule has 0 aliphatic rings. The number of furan rings is 1. The van der Waals surface area contributed by atoms with Crippen LogP contribution in [0.3, 0.4) is 0 Å². The van der Waals surface area contributed by atoms with Crippen LogP contribution in [0.2, 0.25) is 0 Å². The molecular formula is C22H20N6O3S. The number of nitrogens with zero attached hydrogens (tertiary/aromatic N) is 4. The lowest BCUT2D eigenvalue weighted by molar-refractivity contribution is -0.119. The highest BCUT2D eigenvalue weighted by molar-refractivity contribution is 7.99. The van der Waals surface area contributed by atoms with Crippen LogP contribution in [-0.4, -0.2) is 37.3 Å². The summed E-state index contributed by atoms with van der Waals surface area (Å²) < 4.78 is 6.91. The van der Waals surface area contributed by atoms with Gasteiger partial charge in [-0.05, 0) is 55.3 Å². The molecule has 2 amide bonds. The number of pyridine rings is 1. The number of rotatable bonds is 6. The van der Waals surface area contributed by atoms with Gasteiger partial charge in [-0.25, -0.2) is 0 Å². The fraction of sp³-hybridized carbons (Fsp3) is 0.136. The van der Waals surface area contributed by atoms with E-state index in [2.05, 4.69) is 26.0 Å². The summed E-state index contributed by atoms with van der Waals surface area (Å²) in [7, 11) is 0. The highest BCUT2D eigenvalue weighted by atomic mass is 32.2. The SMILES string of the molecule is Cc1cccc(-n2c(SCC(=O)NNC(=O)c3ccco3)nnc2-c2cccnc2)c1C. The Morgan fingerprint density at radius 1 is 1.06 bits per heavy atom. The van der Waals surface area contributed by atoms with Crippen molar-refractivity contribution in [2.45, 2.75) is 19.0 Å². The fourth-order valence-corrected chi connectivity index (χ4v) is 3.75. The average Bonchev–Trinajstić information content (AvgIpc) is 3.49. The molecule has 0 aliphatic heterocycles. The summed E-state index contributed by atoms with van der Waals surface area (Å²) in [5.74, 6) is -0.178. The lowest BCUT2D eigenvalue weighted by atomic mass is 10.1. The van der Waals surface area contributed by atoms with Crippen LogP contribution in [0.1, 0.15) is 21.7 Å². The van der Waals surface area contributed by atoms with Gasteiger partial charge in [0.2, 0.25) is 5.91 Å². The van der Waals surface area contributed by atoms with Crippen molar-refractivity contribution in [3.8, 4) is 17.1 Å². The van der Waals surface area contributed by atoms with Crippen molar-refractivity contribution in [1.82, 2.24) is 30.6 Å². The maximum atomic E-state index is 12.3. The summed E-state index contributed by atoms with van der Waals surface area (Å²) in [4.78, 5) is 28.4. The number of aryl methyl sites for hydroxylation is 1. The van der Waals surface area contributed by atoms with E-state index in [1.54, 1.807) is 18.5 Å². The molecule has 2 N–H and O–H groups in total. The van der Waals surface area contributed by atoms with Gasteiger partial charge in [-0.3, -0.25) is 30.0 Å². The molecule has 0 spiro atoms. The van der Waals surface area contributed by atoms with Crippen LogP contribution in [0.15, 0.2) is 70.7 Å². The largest absolute Gasteiger partial charge is 0.459 e. The number of hydrogen-bond acceptors (Lipinski definition) is 7. The van der Waals surface area contributed by atoms with E-state index >= 15 is 0 Å². The zero-order valence-electron chi connectivity index (χ0n) is 17.4. The Morgan fingerprint density at radius 2 is 1.94 bits per heavy atom. The van der Waals surface area contributed by atoms with Gasteiger partial charge in [0.05, 0.1) is 17.7 Å². The molecule has 0 saturated carbocycles. The maximum absolute atomic E-state index is 12.3. The van der Waals surface area contributed by atoms with Crippen molar-refractivity contribution < 1.29 is 14.0 Å². The Hall–Kier alpha value is -3.92. The Balaban J connectivity index is 1.55. The molecule has 0 radical (unpaired) electrons. The predicted octanol–water partition coefficient (Wildman–Crippen LogP) is 3.09. The Kier molecular flexibility index (Phi) is 6.31. The molecule has 3 aromatic heterocycles. The molecule has 4 rings (SSSR count). The van der Waals surface area contributed by atoms with Crippen LogP contribution < -0.4 is 10.9 Å². The average molecular weight is 449 g/mol. The number of amides is 2. The zero-order chi connectivity index (χ0) is 22.5. The van der Waals surface area contributed by atoms with Crippen molar-refractivity contribution in [2.24, 2.45) is 0 Å². The highest BCUT2D eigenvalue weighted by Gasteiger charge is 2.19. The van der Waals surface area contributed by atoms with Crippen LogP contribution in [0, 0.1) is 13.8 Å². The van der Waals surface area contributed by atoms with Gasteiger partial charge in [0.15, 0.2) is 16.7 Å². The molecule has 32 heavy (non-hydrogen) atoms. The van der Waals surface area contributed by atoms with Crippen LogP contribution in [0.25, 0.3) is 17.1 Å².